The van der Waals surface area contributed by atoms with Gasteiger partial charge in [0, 0.05) is 10.8 Å². The molecular weight excluding hydrogens is 569 g/mol. The van der Waals surface area contributed by atoms with Crippen LogP contribution in [0.3, 0.4) is 0 Å². The van der Waals surface area contributed by atoms with Gasteiger partial charge in [-0.2, -0.15) is 0 Å². The minimum atomic E-state index is -0.426. The van der Waals surface area contributed by atoms with Crippen molar-refractivity contribution in [1.29, 1.82) is 0 Å². The number of hydrogen-bond donors (Lipinski definition) is 0. The Labute approximate surface area is 283 Å². The van der Waals surface area contributed by atoms with E-state index in [2.05, 4.69) is 18.2 Å². The highest BCUT2D eigenvalue weighted by Gasteiger charge is 2.19. The van der Waals surface area contributed by atoms with Crippen LogP contribution in [-0.4, -0.2) is 0 Å². The Morgan fingerprint density at radius 2 is 0.894 bits per heavy atom. The zero-order valence-corrected chi connectivity index (χ0v) is 25.0. The van der Waals surface area contributed by atoms with Crippen molar-refractivity contribution in [2.45, 2.75) is 0 Å². The summed E-state index contributed by atoms with van der Waals surface area (Å²) in [5.41, 5.74) is 5.18. The SMILES string of the molecule is [2H]c1c([2H])c([2H])c2c(-c3cccc4ccccc34)c3c([2H])c([2H])c([2H])c([2H])c3c(-c3ccc(-c4cccc5oc6ccc7ccccc7c6c45)cc3)c2c1[2H]. The third-order valence-corrected chi connectivity index (χ3v) is 9.31. The molecule has 0 aliphatic rings. The lowest BCUT2D eigenvalue weighted by Crippen LogP contribution is -1.91. The minimum Gasteiger partial charge on any atom is -0.456 e. The monoisotopic (exact) mass is 604 g/mol. The van der Waals surface area contributed by atoms with E-state index < -0.39 is 24.2 Å². The van der Waals surface area contributed by atoms with Crippen LogP contribution >= 0.6 is 0 Å². The van der Waals surface area contributed by atoms with Gasteiger partial charge in [0.25, 0.3) is 0 Å². The highest BCUT2D eigenvalue weighted by Crippen LogP contribution is 2.46. The molecule has 0 bridgehead atoms. The number of fused-ring (bicyclic) bond motifs is 8. The molecule has 1 heterocycles. The van der Waals surface area contributed by atoms with Crippen LogP contribution in [0, 0.1) is 0 Å². The summed E-state index contributed by atoms with van der Waals surface area (Å²) in [5.74, 6) is 0. The third-order valence-electron chi connectivity index (χ3n) is 9.31. The second-order valence-electron chi connectivity index (χ2n) is 11.8. The second kappa shape index (κ2) is 10.2. The van der Waals surface area contributed by atoms with Gasteiger partial charge in [0.05, 0.1) is 11.0 Å². The molecule has 1 nitrogen and oxygen atoms in total. The van der Waals surface area contributed by atoms with Crippen molar-refractivity contribution in [2.24, 2.45) is 0 Å². The normalized spacial score (nSPS) is 14.2. The summed E-state index contributed by atoms with van der Waals surface area (Å²) in [7, 11) is 0. The Kier molecular flexibility index (Phi) is 4.19. The topological polar surface area (TPSA) is 13.1 Å². The molecule has 0 unspecified atom stereocenters. The van der Waals surface area contributed by atoms with Crippen LogP contribution in [0.1, 0.15) is 11.0 Å². The smallest absolute Gasteiger partial charge is 0.136 e. The molecule has 0 fully saturated rings. The Hall–Kier alpha value is -6.18. The summed E-state index contributed by atoms with van der Waals surface area (Å²) in [6.45, 7) is 0. The first kappa shape index (κ1) is 19.4. The Balaban J connectivity index is 1.32. The molecule has 218 valence electrons. The quantitative estimate of drug-likeness (QED) is 0.183. The largest absolute Gasteiger partial charge is 0.456 e. The molecule has 0 radical (unpaired) electrons. The average molecular weight is 605 g/mol. The first-order valence-corrected chi connectivity index (χ1v) is 15.5. The van der Waals surface area contributed by atoms with E-state index in [1.165, 1.54) is 0 Å². The van der Waals surface area contributed by atoms with E-state index in [4.69, 9.17) is 9.90 Å². The fourth-order valence-corrected chi connectivity index (χ4v) is 7.27. The van der Waals surface area contributed by atoms with E-state index >= 15 is 0 Å². The van der Waals surface area contributed by atoms with Gasteiger partial charge in [0.1, 0.15) is 11.2 Å². The van der Waals surface area contributed by atoms with Gasteiger partial charge in [-0.3, -0.25) is 0 Å². The predicted octanol–water partition coefficient (Wildman–Crippen LogP) is 13.2. The van der Waals surface area contributed by atoms with Gasteiger partial charge in [-0.15, -0.1) is 0 Å². The van der Waals surface area contributed by atoms with E-state index in [9.17, 15) is 5.48 Å². The molecule has 9 aromatic carbocycles. The minimum absolute atomic E-state index is 0.189. The van der Waals surface area contributed by atoms with Crippen molar-refractivity contribution in [3.63, 3.8) is 0 Å². The average Bonchev–Trinajstić information content (AvgIpc) is 3.62. The van der Waals surface area contributed by atoms with Crippen LogP contribution in [0.5, 0.6) is 0 Å². The van der Waals surface area contributed by atoms with E-state index in [-0.39, 0.29) is 45.7 Å². The number of furan rings is 1. The van der Waals surface area contributed by atoms with Crippen molar-refractivity contribution < 1.29 is 15.4 Å². The van der Waals surface area contributed by atoms with Gasteiger partial charge in [0.2, 0.25) is 0 Å². The molecule has 0 N–H and O–H groups in total. The van der Waals surface area contributed by atoms with Gasteiger partial charge < -0.3 is 4.42 Å². The third kappa shape index (κ3) is 3.90. The molecular formula is C46H28O. The molecule has 0 amide bonds. The summed E-state index contributed by atoms with van der Waals surface area (Å²) in [5, 5.41) is 6.61. The molecule has 1 heteroatoms. The summed E-state index contributed by atoms with van der Waals surface area (Å²) in [6, 6.07) is 36.3. The zero-order chi connectivity index (χ0) is 37.9. The van der Waals surface area contributed by atoms with E-state index in [0.29, 0.717) is 22.3 Å². The molecule has 0 spiro atoms. The van der Waals surface area contributed by atoms with Crippen molar-refractivity contribution in [3.8, 4) is 33.4 Å². The van der Waals surface area contributed by atoms with Gasteiger partial charge in [0.15, 0.2) is 0 Å². The van der Waals surface area contributed by atoms with E-state index in [1.54, 1.807) is 0 Å². The maximum atomic E-state index is 9.33. The maximum Gasteiger partial charge on any atom is 0.136 e. The van der Waals surface area contributed by atoms with Crippen LogP contribution in [-0.2, 0) is 0 Å². The Morgan fingerprint density at radius 1 is 0.362 bits per heavy atom. The summed E-state index contributed by atoms with van der Waals surface area (Å²) < 4.78 is 78.8. The van der Waals surface area contributed by atoms with Gasteiger partial charge in [-0.05, 0) is 88.6 Å². The second-order valence-corrected chi connectivity index (χ2v) is 11.8. The summed E-state index contributed by atoms with van der Waals surface area (Å²) in [4.78, 5) is 0. The lowest BCUT2D eigenvalue weighted by atomic mass is 9.84. The maximum absolute atomic E-state index is 9.33. The zero-order valence-electron chi connectivity index (χ0n) is 33.0. The molecule has 0 aliphatic heterocycles. The first-order valence-electron chi connectivity index (χ1n) is 19.5. The van der Waals surface area contributed by atoms with Gasteiger partial charge in [-0.25, -0.2) is 0 Å². The highest BCUT2D eigenvalue weighted by molar-refractivity contribution is 6.24. The summed E-state index contributed by atoms with van der Waals surface area (Å²) >= 11 is 0. The standard InChI is InChI=1S/C46H28O/c1-3-14-33-29(11-1)13-9-21-36(33)44-39-18-7-5-16-37(39)43(38-17-6-8-19-40(38)44)32-25-23-31(24-26-32)35-20-10-22-41-45(35)46-34-15-4-2-12-30(34)27-28-42(46)47-41/h1-28H/i5D,6D,7D,8D,16D,17D,18D,19D. The predicted molar refractivity (Wildman–Crippen MR) is 200 cm³/mol. The molecule has 1 aromatic heterocycles. The van der Waals surface area contributed by atoms with Crippen LogP contribution < -0.4 is 0 Å². The molecule has 10 rings (SSSR count). The Morgan fingerprint density at radius 3 is 1.62 bits per heavy atom. The van der Waals surface area contributed by atoms with Crippen molar-refractivity contribution in [2.75, 3.05) is 0 Å². The molecule has 0 atom stereocenters. The molecule has 10 aromatic rings. The highest BCUT2D eigenvalue weighted by atomic mass is 16.3. The molecule has 47 heavy (non-hydrogen) atoms. The van der Waals surface area contributed by atoms with E-state index in [0.717, 1.165) is 54.6 Å². The lowest BCUT2D eigenvalue weighted by Gasteiger charge is -2.19. The molecule has 0 saturated heterocycles. The first-order chi connectivity index (χ1) is 26.7. The van der Waals surface area contributed by atoms with E-state index in [1.807, 2.05) is 103 Å². The van der Waals surface area contributed by atoms with Crippen molar-refractivity contribution in [3.05, 3.63) is 170 Å². The van der Waals surface area contributed by atoms with Crippen LogP contribution in [0.2, 0.25) is 0 Å². The van der Waals surface area contributed by atoms with Crippen LogP contribution in [0.4, 0.5) is 0 Å². The van der Waals surface area contributed by atoms with Crippen LogP contribution in [0.15, 0.2) is 174 Å². The van der Waals surface area contributed by atoms with Gasteiger partial charge >= 0.3 is 0 Å². The van der Waals surface area contributed by atoms with Crippen molar-refractivity contribution >= 4 is 65.0 Å². The number of rotatable bonds is 3. The summed E-state index contributed by atoms with van der Waals surface area (Å²) in [6.07, 6.45) is 0. The Bertz CT molecular complexity index is 3210. The van der Waals surface area contributed by atoms with Crippen molar-refractivity contribution in [1.82, 2.24) is 0 Å². The fraction of sp³-hybridized carbons (Fsp3) is 0. The fourth-order valence-electron chi connectivity index (χ4n) is 7.27. The molecule has 0 saturated carbocycles. The number of benzene rings is 9. The van der Waals surface area contributed by atoms with Gasteiger partial charge in [-0.1, -0.05) is 158 Å². The lowest BCUT2D eigenvalue weighted by molar-refractivity contribution is 0.669. The number of hydrogen-bond acceptors (Lipinski definition) is 1. The molecule has 0 aliphatic carbocycles. The van der Waals surface area contributed by atoms with Crippen LogP contribution in [0.25, 0.3) is 98.4 Å².